The van der Waals surface area contributed by atoms with E-state index in [0.717, 1.165) is 37.4 Å². The second kappa shape index (κ2) is 5.40. The van der Waals surface area contributed by atoms with Gasteiger partial charge in [0, 0.05) is 24.5 Å². The lowest BCUT2D eigenvalue weighted by atomic mass is 9.95. The molecule has 1 aliphatic heterocycles. The van der Waals surface area contributed by atoms with Crippen LogP contribution in [0.1, 0.15) is 19.2 Å². The molecule has 5 nitrogen and oxygen atoms in total. The van der Waals surface area contributed by atoms with Crippen molar-refractivity contribution in [1.29, 1.82) is 0 Å². The van der Waals surface area contributed by atoms with Crippen LogP contribution in [0, 0.1) is 5.92 Å². The fraction of sp³-hybridized carbons (Fsp3) is 0.538. The van der Waals surface area contributed by atoms with Crippen LogP contribution in [0.4, 0.5) is 0 Å². The number of nitrogens with zero attached hydrogens (tertiary/aromatic N) is 3. The van der Waals surface area contributed by atoms with Gasteiger partial charge in [0.2, 0.25) is 0 Å². The molecule has 2 atom stereocenters. The van der Waals surface area contributed by atoms with E-state index in [1.165, 1.54) is 0 Å². The number of likely N-dealkylation sites (tertiary alicyclic amines) is 1. The second-order valence-corrected chi connectivity index (χ2v) is 5.97. The molecular formula is C13H18N4OS. The van der Waals surface area contributed by atoms with Crippen molar-refractivity contribution in [3.05, 3.63) is 22.7 Å². The molecule has 0 aromatic carbocycles. The van der Waals surface area contributed by atoms with Crippen LogP contribution in [0.2, 0.25) is 0 Å². The van der Waals surface area contributed by atoms with E-state index in [1.54, 1.807) is 11.3 Å². The molecule has 2 aromatic rings. The zero-order chi connectivity index (χ0) is 13.2. The summed E-state index contributed by atoms with van der Waals surface area (Å²) < 4.78 is 5.29. The molecule has 0 radical (unpaired) electrons. The molecule has 2 N–H and O–H groups in total. The van der Waals surface area contributed by atoms with E-state index in [9.17, 15) is 0 Å². The standard InChI is InChI=1S/C13H18N4OS/c1-9-6-17(4-2-11(9)14)7-12-15-13(18-16-12)10-3-5-19-8-10/h3,5,8-9,11H,2,4,6-7,14H2,1H3. The third-order valence-corrected chi connectivity index (χ3v) is 4.34. The minimum Gasteiger partial charge on any atom is -0.334 e. The summed E-state index contributed by atoms with van der Waals surface area (Å²) >= 11 is 1.63. The quantitative estimate of drug-likeness (QED) is 0.929. The van der Waals surface area contributed by atoms with Crippen LogP contribution in [0.5, 0.6) is 0 Å². The van der Waals surface area contributed by atoms with Gasteiger partial charge in [-0.1, -0.05) is 12.1 Å². The summed E-state index contributed by atoms with van der Waals surface area (Å²) in [6.45, 7) is 4.95. The fourth-order valence-electron chi connectivity index (χ4n) is 2.42. The summed E-state index contributed by atoms with van der Waals surface area (Å²) in [6.07, 6.45) is 1.04. The summed E-state index contributed by atoms with van der Waals surface area (Å²) in [5, 5.41) is 8.08. The van der Waals surface area contributed by atoms with Gasteiger partial charge >= 0.3 is 0 Å². The Bertz CT molecular complexity index is 524. The number of rotatable bonds is 3. The molecule has 2 aromatic heterocycles. The lowest BCUT2D eigenvalue weighted by molar-refractivity contribution is 0.153. The SMILES string of the molecule is CC1CN(Cc2noc(-c3ccsc3)n2)CCC1N. The molecule has 1 fully saturated rings. The maximum Gasteiger partial charge on any atom is 0.258 e. The molecule has 19 heavy (non-hydrogen) atoms. The molecule has 0 spiro atoms. The summed E-state index contributed by atoms with van der Waals surface area (Å²) in [7, 11) is 0. The average Bonchev–Trinajstić information content (AvgIpc) is 3.04. The van der Waals surface area contributed by atoms with Gasteiger partial charge in [-0.05, 0) is 23.8 Å². The van der Waals surface area contributed by atoms with E-state index in [4.69, 9.17) is 10.3 Å². The molecule has 6 heteroatoms. The highest BCUT2D eigenvalue weighted by atomic mass is 32.1. The van der Waals surface area contributed by atoms with Gasteiger partial charge < -0.3 is 10.3 Å². The van der Waals surface area contributed by atoms with E-state index in [2.05, 4.69) is 22.0 Å². The van der Waals surface area contributed by atoms with Gasteiger partial charge in [-0.2, -0.15) is 16.3 Å². The van der Waals surface area contributed by atoms with Gasteiger partial charge in [-0.15, -0.1) is 0 Å². The van der Waals surface area contributed by atoms with Crippen molar-refractivity contribution in [2.24, 2.45) is 11.7 Å². The number of piperidine rings is 1. The average molecular weight is 278 g/mol. The molecule has 0 aliphatic carbocycles. The molecule has 102 valence electrons. The van der Waals surface area contributed by atoms with Gasteiger partial charge in [0.05, 0.1) is 12.1 Å². The Balaban J connectivity index is 1.64. The molecule has 3 rings (SSSR count). The molecule has 1 aliphatic rings. The van der Waals surface area contributed by atoms with E-state index in [1.807, 2.05) is 16.8 Å². The third-order valence-electron chi connectivity index (χ3n) is 3.66. The third kappa shape index (κ3) is 2.86. The Morgan fingerprint density at radius 1 is 1.58 bits per heavy atom. The summed E-state index contributed by atoms with van der Waals surface area (Å²) in [4.78, 5) is 6.79. The van der Waals surface area contributed by atoms with Gasteiger partial charge in [-0.25, -0.2) is 0 Å². The van der Waals surface area contributed by atoms with Crippen LogP contribution in [0.25, 0.3) is 11.5 Å². The Morgan fingerprint density at radius 3 is 3.21 bits per heavy atom. The largest absolute Gasteiger partial charge is 0.334 e. The number of nitrogens with two attached hydrogens (primary N) is 1. The monoisotopic (exact) mass is 278 g/mol. The summed E-state index contributed by atoms with van der Waals surface area (Å²) in [6, 6.07) is 2.31. The first-order chi connectivity index (χ1) is 9.22. The molecule has 0 saturated carbocycles. The first kappa shape index (κ1) is 12.8. The number of hydrogen-bond donors (Lipinski definition) is 1. The lowest BCUT2D eigenvalue weighted by Gasteiger charge is -2.34. The maximum atomic E-state index is 6.03. The van der Waals surface area contributed by atoms with Crippen molar-refractivity contribution in [2.75, 3.05) is 13.1 Å². The first-order valence-corrected chi connectivity index (χ1v) is 7.50. The van der Waals surface area contributed by atoms with Crippen molar-refractivity contribution in [1.82, 2.24) is 15.0 Å². The van der Waals surface area contributed by atoms with Gasteiger partial charge in [0.15, 0.2) is 5.82 Å². The van der Waals surface area contributed by atoms with E-state index in [0.29, 0.717) is 17.9 Å². The smallest absolute Gasteiger partial charge is 0.258 e. The minimum absolute atomic E-state index is 0.322. The summed E-state index contributed by atoms with van der Waals surface area (Å²) in [5.74, 6) is 1.89. The molecular weight excluding hydrogens is 260 g/mol. The highest BCUT2D eigenvalue weighted by Crippen LogP contribution is 2.21. The molecule has 3 heterocycles. The van der Waals surface area contributed by atoms with Gasteiger partial charge in [0.25, 0.3) is 5.89 Å². The Kier molecular flexibility index (Phi) is 3.63. The number of aromatic nitrogens is 2. The zero-order valence-electron chi connectivity index (χ0n) is 11.0. The predicted molar refractivity (Wildman–Crippen MR) is 74.6 cm³/mol. The van der Waals surface area contributed by atoms with E-state index < -0.39 is 0 Å². The Hall–Kier alpha value is -1.24. The predicted octanol–water partition coefficient (Wildman–Crippen LogP) is 1.97. The minimum atomic E-state index is 0.322. The first-order valence-electron chi connectivity index (χ1n) is 6.55. The Morgan fingerprint density at radius 2 is 2.47 bits per heavy atom. The topological polar surface area (TPSA) is 68.2 Å². The fourth-order valence-corrected chi connectivity index (χ4v) is 3.05. The van der Waals surface area contributed by atoms with Crippen molar-refractivity contribution in [3.63, 3.8) is 0 Å². The van der Waals surface area contributed by atoms with Crippen LogP contribution in [-0.4, -0.2) is 34.2 Å². The van der Waals surface area contributed by atoms with Crippen molar-refractivity contribution in [2.45, 2.75) is 25.9 Å². The van der Waals surface area contributed by atoms with E-state index in [-0.39, 0.29) is 0 Å². The van der Waals surface area contributed by atoms with E-state index >= 15 is 0 Å². The van der Waals surface area contributed by atoms with Crippen molar-refractivity contribution in [3.8, 4) is 11.5 Å². The Labute approximate surface area is 116 Å². The molecule has 1 saturated heterocycles. The summed E-state index contributed by atoms with van der Waals surface area (Å²) in [5.41, 5.74) is 7.02. The second-order valence-electron chi connectivity index (χ2n) is 5.19. The highest BCUT2D eigenvalue weighted by molar-refractivity contribution is 7.08. The van der Waals surface area contributed by atoms with Crippen LogP contribution in [0.15, 0.2) is 21.3 Å². The van der Waals surface area contributed by atoms with Crippen molar-refractivity contribution < 1.29 is 4.52 Å². The molecule has 2 unspecified atom stereocenters. The van der Waals surface area contributed by atoms with Crippen molar-refractivity contribution >= 4 is 11.3 Å². The van der Waals surface area contributed by atoms with Crippen LogP contribution in [0.3, 0.4) is 0 Å². The maximum absolute atomic E-state index is 6.03. The lowest BCUT2D eigenvalue weighted by Crippen LogP contribution is -2.45. The van der Waals surface area contributed by atoms with Crippen LogP contribution in [-0.2, 0) is 6.54 Å². The molecule has 0 bridgehead atoms. The van der Waals surface area contributed by atoms with Crippen LogP contribution < -0.4 is 5.73 Å². The van der Waals surface area contributed by atoms with Gasteiger partial charge in [-0.3, -0.25) is 4.90 Å². The van der Waals surface area contributed by atoms with Gasteiger partial charge in [0.1, 0.15) is 0 Å². The highest BCUT2D eigenvalue weighted by Gasteiger charge is 2.24. The number of thiophene rings is 1. The number of hydrogen-bond acceptors (Lipinski definition) is 6. The van der Waals surface area contributed by atoms with Crippen LogP contribution >= 0.6 is 11.3 Å². The normalized spacial score (nSPS) is 24.7. The molecule has 0 amide bonds. The zero-order valence-corrected chi connectivity index (χ0v) is 11.8.